The number of hydrogen-bond donors (Lipinski definition) is 0. The van der Waals surface area contributed by atoms with E-state index in [4.69, 9.17) is 4.98 Å². The van der Waals surface area contributed by atoms with Crippen molar-refractivity contribution < 1.29 is 0 Å². The van der Waals surface area contributed by atoms with Gasteiger partial charge in [0.15, 0.2) is 4.34 Å². The van der Waals surface area contributed by atoms with E-state index in [9.17, 15) is 0 Å². The third-order valence-electron chi connectivity index (χ3n) is 3.22. The molecule has 96 valence electrons. The lowest BCUT2D eigenvalue weighted by Crippen LogP contribution is -1.72. The normalized spacial score (nSPS) is 11.2. The van der Waals surface area contributed by atoms with E-state index in [1.54, 1.807) is 23.1 Å². The molecule has 0 radical (unpaired) electrons. The van der Waals surface area contributed by atoms with Gasteiger partial charge >= 0.3 is 0 Å². The fourth-order valence-electron chi connectivity index (χ4n) is 2.26. The second kappa shape index (κ2) is 4.93. The Morgan fingerprint density at radius 3 is 2.60 bits per heavy atom. The molecule has 3 heteroatoms. The van der Waals surface area contributed by atoms with Crippen LogP contribution in [0.1, 0.15) is 0 Å². The number of para-hydroxylation sites is 1. The Hall–Kier alpha value is -1.84. The molecule has 1 aromatic heterocycles. The molecule has 0 N–H and O–H groups in total. The molecule has 0 aliphatic heterocycles. The van der Waals surface area contributed by atoms with Gasteiger partial charge in [-0.3, -0.25) is 0 Å². The topological polar surface area (TPSA) is 12.9 Å². The van der Waals surface area contributed by atoms with Crippen molar-refractivity contribution in [3.05, 3.63) is 66.7 Å². The third kappa shape index (κ3) is 2.09. The summed E-state index contributed by atoms with van der Waals surface area (Å²) in [4.78, 5) is 5.96. The summed E-state index contributed by atoms with van der Waals surface area (Å²) in [6.07, 6.45) is 0. The molecule has 1 nitrogen and oxygen atoms in total. The van der Waals surface area contributed by atoms with Gasteiger partial charge in [-0.25, -0.2) is 4.98 Å². The average molecular weight is 293 g/mol. The summed E-state index contributed by atoms with van der Waals surface area (Å²) in [5.41, 5.74) is 3.65. The minimum atomic E-state index is 1.08. The van der Waals surface area contributed by atoms with Crippen LogP contribution >= 0.6 is 23.1 Å². The Morgan fingerprint density at radius 1 is 0.800 bits per heavy atom. The zero-order chi connectivity index (χ0) is 13.4. The Bertz CT molecular complexity index is 817. The Kier molecular flexibility index (Phi) is 2.94. The van der Waals surface area contributed by atoms with Crippen LogP contribution in [0.3, 0.4) is 0 Å². The second-order valence-electron chi connectivity index (χ2n) is 4.53. The Morgan fingerprint density at radius 2 is 1.65 bits per heavy atom. The van der Waals surface area contributed by atoms with E-state index in [0.717, 1.165) is 9.86 Å². The fraction of sp³-hybridized carbons (Fsp3) is 0. The summed E-state index contributed by atoms with van der Waals surface area (Å²) in [5, 5.41) is 0. The molecule has 2 aliphatic carbocycles. The zero-order valence-electron chi connectivity index (χ0n) is 10.6. The van der Waals surface area contributed by atoms with Crippen LogP contribution in [0.5, 0.6) is 0 Å². The SMILES string of the molecule is c1ccc2ccc(Sc3nc4ccccc4s3)c-2cc1. The van der Waals surface area contributed by atoms with Crippen LogP contribution in [0.4, 0.5) is 0 Å². The maximum Gasteiger partial charge on any atom is 0.155 e. The molecule has 20 heavy (non-hydrogen) atoms. The van der Waals surface area contributed by atoms with Crippen molar-refractivity contribution in [2.75, 3.05) is 0 Å². The van der Waals surface area contributed by atoms with Gasteiger partial charge in [0, 0.05) is 4.90 Å². The minimum absolute atomic E-state index is 1.08. The number of nitrogens with zero attached hydrogens (tertiary/aromatic N) is 1. The third-order valence-corrected chi connectivity index (χ3v) is 5.40. The van der Waals surface area contributed by atoms with Crippen LogP contribution in [-0.2, 0) is 0 Å². The predicted octanol–water partition coefficient (Wildman–Crippen LogP) is 5.55. The van der Waals surface area contributed by atoms with Gasteiger partial charge in [-0.05, 0) is 29.3 Å². The highest BCUT2D eigenvalue weighted by molar-refractivity contribution is 8.01. The number of hydrogen-bond acceptors (Lipinski definition) is 3. The largest absolute Gasteiger partial charge is 0.229 e. The molecule has 2 aromatic rings. The number of fused-ring (bicyclic) bond motifs is 2. The molecule has 0 saturated carbocycles. The smallest absolute Gasteiger partial charge is 0.155 e. The van der Waals surface area contributed by atoms with E-state index < -0.39 is 0 Å². The van der Waals surface area contributed by atoms with Crippen molar-refractivity contribution in [2.45, 2.75) is 9.24 Å². The molecule has 2 aliphatic rings. The molecular formula is C17H11NS2. The van der Waals surface area contributed by atoms with Gasteiger partial charge in [0.2, 0.25) is 0 Å². The summed E-state index contributed by atoms with van der Waals surface area (Å²) in [5.74, 6) is 0. The van der Waals surface area contributed by atoms with Crippen molar-refractivity contribution in [3.8, 4) is 11.1 Å². The first-order valence-corrected chi connectivity index (χ1v) is 8.05. The molecule has 0 saturated heterocycles. The van der Waals surface area contributed by atoms with Crippen LogP contribution < -0.4 is 0 Å². The molecule has 0 atom stereocenters. The maximum absolute atomic E-state index is 4.69. The van der Waals surface area contributed by atoms with E-state index in [0.29, 0.717) is 0 Å². The van der Waals surface area contributed by atoms with Crippen molar-refractivity contribution in [1.82, 2.24) is 4.98 Å². The molecule has 1 heterocycles. The fourth-order valence-corrected chi connectivity index (χ4v) is 4.43. The van der Waals surface area contributed by atoms with Crippen LogP contribution in [0, 0.1) is 0 Å². The number of thiazole rings is 1. The highest BCUT2D eigenvalue weighted by Gasteiger charge is 2.11. The van der Waals surface area contributed by atoms with E-state index in [1.807, 2.05) is 6.07 Å². The summed E-state index contributed by atoms with van der Waals surface area (Å²) < 4.78 is 2.35. The first kappa shape index (κ1) is 11.9. The minimum Gasteiger partial charge on any atom is -0.229 e. The van der Waals surface area contributed by atoms with Gasteiger partial charge in [-0.2, -0.15) is 0 Å². The second-order valence-corrected chi connectivity index (χ2v) is 6.85. The maximum atomic E-state index is 4.69. The lowest BCUT2D eigenvalue weighted by atomic mass is 10.2. The molecule has 0 fully saturated rings. The standard InChI is InChI=1S/C17H11NS2/c1-2-6-12-10-11-15(13(12)7-3-1)19-17-18-14-8-4-5-9-16(14)20-17/h1-11H. The van der Waals surface area contributed by atoms with Crippen molar-refractivity contribution in [2.24, 2.45) is 0 Å². The Labute approximate surface area is 125 Å². The highest BCUT2D eigenvalue weighted by Crippen LogP contribution is 2.40. The number of benzene rings is 1. The summed E-state index contributed by atoms with van der Waals surface area (Å²) in [6.45, 7) is 0. The van der Waals surface area contributed by atoms with E-state index in [1.165, 1.54) is 20.7 Å². The van der Waals surface area contributed by atoms with Crippen molar-refractivity contribution in [1.29, 1.82) is 0 Å². The molecule has 0 unspecified atom stereocenters. The average Bonchev–Trinajstić information content (AvgIpc) is 2.95. The van der Waals surface area contributed by atoms with E-state index >= 15 is 0 Å². The first-order chi connectivity index (χ1) is 9.90. The van der Waals surface area contributed by atoms with Gasteiger partial charge in [0.25, 0.3) is 0 Å². The van der Waals surface area contributed by atoms with Crippen LogP contribution in [0.25, 0.3) is 21.3 Å². The van der Waals surface area contributed by atoms with Gasteiger partial charge in [0.05, 0.1) is 10.2 Å². The van der Waals surface area contributed by atoms with E-state index in [2.05, 4.69) is 60.7 Å². The highest BCUT2D eigenvalue weighted by atomic mass is 32.2. The van der Waals surface area contributed by atoms with Gasteiger partial charge in [-0.1, -0.05) is 60.3 Å². The van der Waals surface area contributed by atoms with Gasteiger partial charge < -0.3 is 0 Å². The molecule has 0 amide bonds. The monoisotopic (exact) mass is 293 g/mol. The first-order valence-electron chi connectivity index (χ1n) is 6.41. The Balaban J connectivity index is 1.75. The van der Waals surface area contributed by atoms with Crippen molar-refractivity contribution >= 4 is 33.3 Å². The summed E-state index contributed by atoms with van der Waals surface area (Å²) in [6, 6.07) is 23.2. The van der Waals surface area contributed by atoms with Gasteiger partial charge in [-0.15, -0.1) is 11.3 Å². The quantitative estimate of drug-likeness (QED) is 0.480. The van der Waals surface area contributed by atoms with Crippen LogP contribution in [-0.4, -0.2) is 4.98 Å². The molecule has 1 aromatic carbocycles. The number of aromatic nitrogens is 1. The summed E-state index contributed by atoms with van der Waals surface area (Å²) >= 11 is 3.51. The van der Waals surface area contributed by atoms with Crippen LogP contribution in [0.2, 0.25) is 0 Å². The molecule has 0 bridgehead atoms. The van der Waals surface area contributed by atoms with E-state index in [-0.39, 0.29) is 0 Å². The van der Waals surface area contributed by atoms with Crippen molar-refractivity contribution in [3.63, 3.8) is 0 Å². The zero-order valence-corrected chi connectivity index (χ0v) is 12.2. The number of rotatable bonds is 2. The molecule has 4 rings (SSSR count). The summed E-state index contributed by atoms with van der Waals surface area (Å²) in [7, 11) is 0. The van der Waals surface area contributed by atoms with Gasteiger partial charge in [0.1, 0.15) is 0 Å². The lowest BCUT2D eigenvalue weighted by Gasteiger charge is -1.98. The molecule has 0 spiro atoms. The predicted molar refractivity (Wildman–Crippen MR) is 86.8 cm³/mol. The lowest BCUT2D eigenvalue weighted by molar-refractivity contribution is 1.30. The molecular weight excluding hydrogens is 282 g/mol. The van der Waals surface area contributed by atoms with Crippen LogP contribution in [0.15, 0.2) is 76.0 Å².